The monoisotopic (exact) mass is 501 g/mol. The van der Waals surface area contributed by atoms with Gasteiger partial charge >= 0.3 is 0 Å². The molecule has 1 unspecified atom stereocenters. The van der Waals surface area contributed by atoms with Crippen LogP contribution < -0.4 is 0 Å². The highest BCUT2D eigenvalue weighted by molar-refractivity contribution is 6.30. The molecule has 1 aliphatic heterocycles. The highest BCUT2D eigenvalue weighted by Crippen LogP contribution is 2.52. The maximum Gasteiger partial charge on any atom is 0.229 e. The van der Waals surface area contributed by atoms with Crippen molar-refractivity contribution in [2.45, 2.75) is 83.4 Å². The molecule has 1 aliphatic rings. The first kappa shape index (κ1) is 26.8. The van der Waals surface area contributed by atoms with E-state index in [4.69, 9.17) is 23.2 Å². The van der Waals surface area contributed by atoms with E-state index in [1.807, 2.05) is 62.4 Å². The first-order valence-corrected chi connectivity index (χ1v) is 12.9. The molecule has 1 amide bonds. The molecule has 184 valence electrons. The van der Waals surface area contributed by atoms with Gasteiger partial charge in [-0.2, -0.15) is 0 Å². The zero-order chi connectivity index (χ0) is 25.1. The number of halogens is 2. The second kappa shape index (κ2) is 10.8. The highest BCUT2D eigenvalue weighted by Gasteiger charge is 2.50. The number of nitrogens with zero attached hydrogens (tertiary/aromatic N) is 1. The molecule has 3 rings (SSSR count). The molecule has 0 aliphatic carbocycles. The van der Waals surface area contributed by atoms with Crippen molar-refractivity contribution in [1.82, 2.24) is 4.90 Å². The Morgan fingerprint density at radius 3 is 2.41 bits per heavy atom. The summed E-state index contributed by atoms with van der Waals surface area (Å²) in [7, 11) is 0. The van der Waals surface area contributed by atoms with Crippen LogP contribution in [0.3, 0.4) is 0 Å². The van der Waals surface area contributed by atoms with Crippen molar-refractivity contribution >= 4 is 29.1 Å². The number of hydrogen-bond donors (Lipinski definition) is 1. The van der Waals surface area contributed by atoms with Crippen molar-refractivity contribution in [2.75, 3.05) is 0 Å². The predicted molar refractivity (Wildman–Crippen MR) is 142 cm³/mol. The molecule has 1 fully saturated rings. The summed E-state index contributed by atoms with van der Waals surface area (Å²) in [5.74, 6) is 0.201. The summed E-state index contributed by atoms with van der Waals surface area (Å²) in [4.78, 5) is 16.3. The maximum absolute atomic E-state index is 14.2. The number of rotatable bonds is 9. The fourth-order valence-electron chi connectivity index (χ4n) is 5.35. The third-order valence-corrected chi connectivity index (χ3v) is 7.63. The highest BCUT2D eigenvalue weighted by atomic mass is 35.5. The van der Waals surface area contributed by atoms with Gasteiger partial charge in [0.25, 0.3) is 0 Å². The van der Waals surface area contributed by atoms with Crippen LogP contribution in [0.2, 0.25) is 10.0 Å². The van der Waals surface area contributed by atoms with Crippen molar-refractivity contribution in [3.8, 4) is 0 Å². The van der Waals surface area contributed by atoms with Gasteiger partial charge in [0.05, 0.1) is 17.1 Å². The van der Waals surface area contributed by atoms with Gasteiger partial charge in [-0.15, -0.1) is 6.58 Å². The molecule has 3 nitrogen and oxygen atoms in total. The quantitative estimate of drug-likeness (QED) is 0.353. The van der Waals surface area contributed by atoms with Crippen molar-refractivity contribution < 1.29 is 9.90 Å². The zero-order valence-corrected chi connectivity index (χ0v) is 22.2. The number of carbonyl (C=O) groups is 1. The van der Waals surface area contributed by atoms with Gasteiger partial charge < -0.3 is 10.0 Å². The summed E-state index contributed by atoms with van der Waals surface area (Å²) in [6, 6.07) is 15.7. The number of allylic oxidation sites excluding steroid dienone is 1. The van der Waals surface area contributed by atoms with Gasteiger partial charge in [-0.25, -0.2) is 0 Å². The minimum atomic E-state index is -0.793. The second-order valence-corrected chi connectivity index (χ2v) is 11.4. The third-order valence-electron chi connectivity index (χ3n) is 7.14. The Bertz CT molecular complexity index is 998. The van der Waals surface area contributed by atoms with Crippen LogP contribution >= 0.6 is 23.2 Å². The molecule has 1 heterocycles. The zero-order valence-electron chi connectivity index (χ0n) is 20.7. The standard InChI is InChI=1S/C29H37Cl2NO2/c1-6-16-29(5)19-25(21-9-8-10-23(31)18-21)26(20-11-13-22(30)14-12-20)32(27(29)33)24(7-2)15-17-28(3,4)34/h6,8-14,18,24-26,34H,1,7,15-17,19H2,2-5H3/t24-,25+,26?,29-/m0/s1. The average molecular weight is 503 g/mol. The number of carbonyl (C=O) groups excluding carboxylic acids is 1. The van der Waals surface area contributed by atoms with Crippen LogP contribution in [0.1, 0.15) is 82.9 Å². The SMILES string of the molecule is C=CC[C@@]1(C)C[C@H](c2cccc(Cl)c2)C(c2ccc(Cl)cc2)N([C@@H](CC)CCC(C)(C)O)C1=O. The molecule has 1 saturated heterocycles. The van der Waals surface area contributed by atoms with Crippen LogP contribution in [0.25, 0.3) is 0 Å². The van der Waals surface area contributed by atoms with Crippen molar-refractivity contribution in [1.29, 1.82) is 0 Å². The van der Waals surface area contributed by atoms with E-state index in [2.05, 4.69) is 31.4 Å². The third kappa shape index (κ3) is 6.05. The number of hydrogen-bond acceptors (Lipinski definition) is 2. The number of piperidine rings is 1. The smallest absolute Gasteiger partial charge is 0.229 e. The molecule has 34 heavy (non-hydrogen) atoms. The Morgan fingerprint density at radius 1 is 1.18 bits per heavy atom. The molecule has 0 radical (unpaired) electrons. The Labute approximate surface area is 214 Å². The van der Waals surface area contributed by atoms with E-state index in [-0.39, 0.29) is 23.9 Å². The Balaban J connectivity index is 2.19. The lowest BCUT2D eigenvalue weighted by Gasteiger charge is -2.52. The fourth-order valence-corrected chi connectivity index (χ4v) is 5.67. The lowest BCUT2D eigenvalue weighted by atomic mass is 9.67. The number of likely N-dealkylation sites (tertiary alicyclic amines) is 1. The summed E-state index contributed by atoms with van der Waals surface area (Å²) in [5.41, 5.74) is 0.821. The van der Waals surface area contributed by atoms with E-state index in [1.54, 1.807) is 0 Å². The Morgan fingerprint density at radius 2 is 1.85 bits per heavy atom. The van der Waals surface area contributed by atoms with Gasteiger partial charge in [-0.3, -0.25) is 4.79 Å². The van der Waals surface area contributed by atoms with Crippen LogP contribution in [-0.4, -0.2) is 27.6 Å². The van der Waals surface area contributed by atoms with Crippen LogP contribution in [0.4, 0.5) is 0 Å². The molecule has 0 saturated carbocycles. The summed E-state index contributed by atoms with van der Waals surface area (Å²) in [6.07, 6.45) is 5.30. The minimum Gasteiger partial charge on any atom is -0.390 e. The minimum absolute atomic E-state index is 0.00859. The van der Waals surface area contributed by atoms with E-state index in [0.29, 0.717) is 29.3 Å². The van der Waals surface area contributed by atoms with Crippen LogP contribution in [-0.2, 0) is 4.79 Å². The largest absolute Gasteiger partial charge is 0.390 e. The van der Waals surface area contributed by atoms with E-state index in [0.717, 1.165) is 24.0 Å². The number of benzene rings is 2. The molecule has 2 aromatic carbocycles. The Kier molecular flexibility index (Phi) is 8.55. The topological polar surface area (TPSA) is 40.5 Å². The van der Waals surface area contributed by atoms with Gasteiger partial charge in [0, 0.05) is 22.0 Å². The van der Waals surface area contributed by atoms with Crippen LogP contribution in [0, 0.1) is 5.41 Å². The lowest BCUT2D eigenvalue weighted by molar-refractivity contribution is -0.155. The first-order valence-electron chi connectivity index (χ1n) is 12.2. The number of amides is 1. The van der Waals surface area contributed by atoms with Crippen LogP contribution in [0.15, 0.2) is 61.2 Å². The molecular formula is C29H37Cl2NO2. The summed E-state index contributed by atoms with van der Waals surface area (Å²) in [5, 5.41) is 11.8. The molecule has 1 N–H and O–H groups in total. The summed E-state index contributed by atoms with van der Waals surface area (Å²) >= 11 is 12.7. The lowest BCUT2D eigenvalue weighted by Crippen LogP contribution is -2.55. The molecule has 0 bridgehead atoms. The average Bonchev–Trinajstić information content (AvgIpc) is 2.77. The molecule has 5 heteroatoms. The summed E-state index contributed by atoms with van der Waals surface area (Å²) in [6.45, 7) is 11.8. The molecule has 0 aromatic heterocycles. The van der Waals surface area contributed by atoms with E-state index in [1.165, 1.54) is 0 Å². The fraction of sp³-hybridized carbons (Fsp3) is 0.483. The van der Waals surface area contributed by atoms with E-state index in [9.17, 15) is 9.90 Å². The predicted octanol–water partition coefficient (Wildman–Crippen LogP) is 7.96. The molecule has 4 atom stereocenters. The van der Waals surface area contributed by atoms with Crippen molar-refractivity contribution in [3.05, 3.63) is 82.4 Å². The molecule has 0 spiro atoms. The van der Waals surface area contributed by atoms with E-state index >= 15 is 0 Å². The first-order chi connectivity index (χ1) is 16.0. The van der Waals surface area contributed by atoms with E-state index < -0.39 is 11.0 Å². The normalized spacial score (nSPS) is 24.2. The second-order valence-electron chi connectivity index (χ2n) is 10.5. The van der Waals surface area contributed by atoms with Gasteiger partial charge in [0.1, 0.15) is 0 Å². The van der Waals surface area contributed by atoms with Gasteiger partial charge in [0.2, 0.25) is 5.91 Å². The molecule has 2 aromatic rings. The molecular weight excluding hydrogens is 465 g/mol. The van der Waals surface area contributed by atoms with Crippen LogP contribution in [0.5, 0.6) is 0 Å². The Hall–Kier alpha value is -1.81. The van der Waals surface area contributed by atoms with Gasteiger partial charge in [-0.1, -0.05) is 67.4 Å². The van der Waals surface area contributed by atoms with Gasteiger partial charge in [-0.05, 0) is 81.3 Å². The van der Waals surface area contributed by atoms with Crippen molar-refractivity contribution in [2.24, 2.45) is 5.41 Å². The summed E-state index contributed by atoms with van der Waals surface area (Å²) < 4.78 is 0. The van der Waals surface area contributed by atoms with Crippen molar-refractivity contribution in [3.63, 3.8) is 0 Å². The maximum atomic E-state index is 14.2. The number of aliphatic hydroxyl groups is 1. The van der Waals surface area contributed by atoms with Gasteiger partial charge in [0.15, 0.2) is 0 Å².